The summed E-state index contributed by atoms with van der Waals surface area (Å²) < 4.78 is 14.0. The number of aliphatic hydroxyl groups is 1. The van der Waals surface area contributed by atoms with Crippen molar-refractivity contribution in [2.24, 2.45) is 0 Å². The molecule has 0 radical (unpaired) electrons. The highest BCUT2D eigenvalue weighted by Gasteiger charge is 2.50. The maximum Gasteiger partial charge on any atom is 0.255 e. The Bertz CT molecular complexity index is 920. The molecule has 1 aromatic carbocycles. The number of hydrogen-bond donors (Lipinski definition) is 2. The number of hydrogen-bond acceptors (Lipinski definition) is 5. The topological polar surface area (TPSA) is 94.0 Å². The van der Waals surface area contributed by atoms with Crippen molar-refractivity contribution in [3.05, 3.63) is 47.9 Å². The van der Waals surface area contributed by atoms with Crippen LogP contribution in [-0.2, 0) is 4.79 Å². The van der Waals surface area contributed by atoms with Crippen molar-refractivity contribution in [1.82, 2.24) is 14.8 Å². The van der Waals surface area contributed by atoms with E-state index < -0.39 is 11.4 Å². The zero-order valence-electron chi connectivity index (χ0n) is 15.1. The molecule has 2 N–H and O–H groups in total. The highest BCUT2D eigenvalue weighted by molar-refractivity contribution is 5.94. The molecule has 1 saturated heterocycles. The number of phenolic OH excluding ortho intramolecular Hbond substituents is 1. The summed E-state index contributed by atoms with van der Waals surface area (Å²) in [4.78, 5) is 32.2. The molecular weight excluding hydrogens is 365 g/mol. The summed E-state index contributed by atoms with van der Waals surface area (Å²) in [6.45, 7) is 1.54. The second-order valence-corrected chi connectivity index (χ2v) is 7.21. The minimum Gasteiger partial charge on any atom is -0.508 e. The Morgan fingerprint density at radius 2 is 1.71 bits per heavy atom. The summed E-state index contributed by atoms with van der Waals surface area (Å²) in [6, 6.07) is 6.96. The molecule has 0 bridgehead atoms. The smallest absolute Gasteiger partial charge is 0.255 e. The van der Waals surface area contributed by atoms with Gasteiger partial charge in [-0.1, -0.05) is 0 Å². The molecule has 2 amide bonds. The molecule has 28 heavy (non-hydrogen) atoms. The van der Waals surface area contributed by atoms with Crippen LogP contribution in [0.25, 0.3) is 11.3 Å². The third-order valence-electron chi connectivity index (χ3n) is 5.21. The van der Waals surface area contributed by atoms with Crippen LogP contribution < -0.4 is 0 Å². The van der Waals surface area contributed by atoms with E-state index in [1.807, 2.05) is 0 Å². The van der Waals surface area contributed by atoms with Crippen LogP contribution in [0.2, 0.25) is 0 Å². The summed E-state index contributed by atoms with van der Waals surface area (Å²) in [5.74, 6) is -1.21. The molecule has 2 aliphatic rings. The second kappa shape index (κ2) is 6.87. The molecule has 146 valence electrons. The monoisotopic (exact) mass is 385 g/mol. The van der Waals surface area contributed by atoms with E-state index in [1.54, 1.807) is 21.9 Å². The second-order valence-electron chi connectivity index (χ2n) is 7.21. The minimum atomic E-state index is -1.19. The summed E-state index contributed by atoms with van der Waals surface area (Å²) >= 11 is 0. The van der Waals surface area contributed by atoms with Crippen molar-refractivity contribution in [2.45, 2.75) is 18.4 Å². The normalized spacial score (nSPS) is 18.1. The number of amides is 2. The molecule has 7 nitrogen and oxygen atoms in total. The first-order valence-electron chi connectivity index (χ1n) is 9.13. The van der Waals surface area contributed by atoms with Crippen LogP contribution in [0.15, 0.2) is 36.5 Å². The predicted octanol–water partition coefficient (Wildman–Crippen LogP) is 1.40. The number of phenols is 1. The molecule has 1 saturated carbocycles. The lowest BCUT2D eigenvalue weighted by Gasteiger charge is -2.35. The van der Waals surface area contributed by atoms with Gasteiger partial charge in [-0.15, -0.1) is 0 Å². The summed E-state index contributed by atoms with van der Waals surface area (Å²) in [7, 11) is 0. The van der Waals surface area contributed by atoms with Gasteiger partial charge < -0.3 is 20.0 Å². The van der Waals surface area contributed by atoms with Gasteiger partial charge in [0.2, 0.25) is 0 Å². The van der Waals surface area contributed by atoms with Crippen LogP contribution in [0.3, 0.4) is 0 Å². The van der Waals surface area contributed by atoms with Crippen LogP contribution in [0, 0.1) is 5.82 Å². The lowest BCUT2D eigenvalue weighted by atomic mass is 10.1. The first-order chi connectivity index (χ1) is 13.4. The highest BCUT2D eigenvalue weighted by atomic mass is 19.1. The van der Waals surface area contributed by atoms with E-state index in [4.69, 9.17) is 0 Å². The number of aromatic nitrogens is 1. The number of pyridine rings is 1. The summed E-state index contributed by atoms with van der Waals surface area (Å²) in [5, 5.41) is 19.2. The van der Waals surface area contributed by atoms with Crippen LogP contribution in [0.5, 0.6) is 5.75 Å². The van der Waals surface area contributed by atoms with Crippen molar-refractivity contribution in [3.63, 3.8) is 0 Å². The molecule has 0 atom stereocenters. The van der Waals surface area contributed by atoms with Gasteiger partial charge in [-0.3, -0.25) is 14.6 Å². The Kier molecular flexibility index (Phi) is 4.50. The highest BCUT2D eigenvalue weighted by Crippen LogP contribution is 2.37. The van der Waals surface area contributed by atoms with Gasteiger partial charge in [0.1, 0.15) is 17.2 Å². The number of piperazine rings is 1. The number of nitrogens with zero attached hydrogens (tertiary/aromatic N) is 3. The minimum absolute atomic E-state index is 0.167. The zero-order chi connectivity index (χ0) is 19.9. The molecule has 1 aliphatic heterocycles. The van der Waals surface area contributed by atoms with Gasteiger partial charge in [0.15, 0.2) is 0 Å². The molecule has 2 fully saturated rings. The van der Waals surface area contributed by atoms with Crippen LogP contribution in [0.4, 0.5) is 4.39 Å². The third-order valence-corrected chi connectivity index (χ3v) is 5.21. The van der Waals surface area contributed by atoms with Gasteiger partial charge in [0.05, 0.1) is 11.3 Å². The molecule has 2 heterocycles. The van der Waals surface area contributed by atoms with Crippen molar-refractivity contribution >= 4 is 11.8 Å². The van der Waals surface area contributed by atoms with Gasteiger partial charge in [-0.2, -0.15) is 0 Å². The number of halogens is 1. The first kappa shape index (κ1) is 18.4. The van der Waals surface area contributed by atoms with E-state index in [-0.39, 0.29) is 23.1 Å². The van der Waals surface area contributed by atoms with E-state index in [2.05, 4.69) is 4.98 Å². The molecule has 4 rings (SSSR count). The van der Waals surface area contributed by atoms with E-state index in [1.165, 1.54) is 18.3 Å². The maximum atomic E-state index is 14.0. The number of rotatable bonds is 3. The van der Waals surface area contributed by atoms with Gasteiger partial charge in [-0.05, 0) is 37.1 Å². The zero-order valence-corrected chi connectivity index (χ0v) is 15.1. The number of aromatic hydroxyl groups is 1. The molecule has 2 aromatic rings. The average Bonchev–Trinajstić information content (AvgIpc) is 3.46. The molecule has 8 heteroatoms. The average molecular weight is 385 g/mol. The van der Waals surface area contributed by atoms with Crippen LogP contribution >= 0.6 is 0 Å². The SMILES string of the molecule is O=C(c1ccc(-c2ccc(O)cc2F)nc1)N1CCN(C(=O)C2(O)CC2)CC1. The van der Waals surface area contributed by atoms with E-state index in [0.717, 1.165) is 6.07 Å². The van der Waals surface area contributed by atoms with Crippen molar-refractivity contribution < 1.29 is 24.2 Å². The Hall–Kier alpha value is -3.00. The molecule has 1 aromatic heterocycles. The van der Waals surface area contributed by atoms with Crippen LogP contribution in [0.1, 0.15) is 23.2 Å². The van der Waals surface area contributed by atoms with Crippen molar-refractivity contribution in [1.29, 1.82) is 0 Å². The van der Waals surface area contributed by atoms with Gasteiger partial charge in [0.25, 0.3) is 11.8 Å². The quantitative estimate of drug-likeness (QED) is 0.833. The largest absolute Gasteiger partial charge is 0.508 e. The molecule has 0 spiro atoms. The number of benzene rings is 1. The van der Waals surface area contributed by atoms with Crippen molar-refractivity contribution in [3.8, 4) is 17.0 Å². The number of carbonyl (C=O) groups is 2. The Balaban J connectivity index is 1.41. The predicted molar refractivity (Wildman–Crippen MR) is 98.0 cm³/mol. The molecule has 0 unspecified atom stereocenters. The fourth-order valence-corrected chi connectivity index (χ4v) is 3.31. The van der Waals surface area contributed by atoms with Gasteiger partial charge in [-0.25, -0.2) is 4.39 Å². The Morgan fingerprint density at radius 3 is 2.29 bits per heavy atom. The maximum absolute atomic E-state index is 14.0. The summed E-state index contributed by atoms with van der Waals surface area (Å²) in [6.07, 6.45) is 2.41. The van der Waals surface area contributed by atoms with Gasteiger partial charge >= 0.3 is 0 Å². The fraction of sp³-hybridized carbons (Fsp3) is 0.350. The Labute approximate surface area is 161 Å². The van der Waals surface area contributed by atoms with Gasteiger partial charge in [0, 0.05) is 44.0 Å². The fourth-order valence-electron chi connectivity index (χ4n) is 3.31. The van der Waals surface area contributed by atoms with E-state index in [9.17, 15) is 24.2 Å². The lowest BCUT2D eigenvalue weighted by Crippen LogP contribution is -2.53. The first-order valence-corrected chi connectivity index (χ1v) is 9.13. The summed E-state index contributed by atoms with van der Waals surface area (Å²) in [5.41, 5.74) is -0.206. The number of carbonyl (C=O) groups excluding carboxylic acids is 2. The third kappa shape index (κ3) is 3.43. The van der Waals surface area contributed by atoms with E-state index in [0.29, 0.717) is 50.3 Å². The lowest BCUT2D eigenvalue weighted by molar-refractivity contribution is -0.143. The molecular formula is C20H20FN3O4. The Morgan fingerprint density at radius 1 is 1.04 bits per heavy atom. The van der Waals surface area contributed by atoms with E-state index >= 15 is 0 Å². The standard InChI is InChI=1S/C20H20FN3O4/c21-16-11-14(25)2-3-15(16)17-4-1-13(12-22-17)18(26)23-7-9-24(10-8-23)19(27)20(28)5-6-20/h1-4,11-12,25,28H,5-10H2. The molecule has 1 aliphatic carbocycles. The van der Waals surface area contributed by atoms with Crippen LogP contribution in [-0.4, -0.2) is 68.6 Å². The van der Waals surface area contributed by atoms with Crippen molar-refractivity contribution in [2.75, 3.05) is 26.2 Å².